The molecule has 1 aliphatic heterocycles. The molecule has 0 unspecified atom stereocenters. The number of carbonyl (C=O) groups is 2. The van der Waals surface area contributed by atoms with E-state index in [0.717, 1.165) is 0 Å². The Bertz CT molecular complexity index is 753. The van der Waals surface area contributed by atoms with Crippen molar-refractivity contribution in [1.82, 2.24) is 5.01 Å². The van der Waals surface area contributed by atoms with Gasteiger partial charge in [0.25, 0.3) is 11.6 Å². The van der Waals surface area contributed by atoms with E-state index in [-0.39, 0.29) is 35.5 Å². The molecular weight excluding hydrogens is 314 g/mol. The first kappa shape index (κ1) is 15.9. The maximum atomic E-state index is 12.7. The third-order valence-corrected chi connectivity index (χ3v) is 4.00. The first-order valence-electron chi connectivity index (χ1n) is 7.53. The highest BCUT2D eigenvalue weighted by Crippen LogP contribution is 2.33. The minimum atomic E-state index is -0.531. The van der Waals surface area contributed by atoms with E-state index >= 15 is 0 Å². The van der Waals surface area contributed by atoms with Crippen molar-refractivity contribution in [3.8, 4) is 0 Å². The van der Waals surface area contributed by atoms with Crippen LogP contribution in [0.1, 0.15) is 23.7 Å². The van der Waals surface area contributed by atoms with Crippen LogP contribution < -0.4 is 0 Å². The molecule has 0 N–H and O–H groups in total. The number of nitro groups is 1. The number of non-ortho nitro benzene ring substituents is 1. The Hall–Kier alpha value is -3.03. The van der Waals surface area contributed by atoms with Crippen molar-refractivity contribution >= 4 is 23.3 Å². The number of nitro benzene ring substituents is 1. The van der Waals surface area contributed by atoms with Crippen molar-refractivity contribution in [3.05, 3.63) is 52.1 Å². The Morgan fingerprint density at radius 1 is 1.38 bits per heavy atom. The molecule has 1 aromatic rings. The number of fused-ring (bicyclic) bond motifs is 1. The normalized spacial score (nSPS) is 21.4. The third-order valence-electron chi connectivity index (χ3n) is 4.00. The number of hydrogen-bond donors (Lipinski definition) is 0. The molecule has 0 saturated heterocycles. The fraction of sp³-hybridized carbons (Fsp3) is 0.312. The maximum Gasteiger partial charge on any atom is 0.354 e. The zero-order valence-electron chi connectivity index (χ0n) is 12.9. The molecule has 8 heteroatoms. The second-order valence-corrected chi connectivity index (χ2v) is 5.42. The van der Waals surface area contributed by atoms with Gasteiger partial charge in [-0.3, -0.25) is 14.9 Å². The fourth-order valence-corrected chi connectivity index (χ4v) is 2.86. The highest BCUT2D eigenvalue weighted by Gasteiger charge is 2.44. The van der Waals surface area contributed by atoms with Gasteiger partial charge in [0.15, 0.2) is 5.71 Å². The van der Waals surface area contributed by atoms with Gasteiger partial charge in [0, 0.05) is 23.6 Å². The van der Waals surface area contributed by atoms with Gasteiger partial charge in [-0.15, -0.1) is 0 Å². The average Bonchev–Trinajstić information content (AvgIpc) is 3.16. The molecule has 24 heavy (non-hydrogen) atoms. The van der Waals surface area contributed by atoms with E-state index in [1.54, 1.807) is 6.92 Å². The number of hydrogen-bond acceptors (Lipinski definition) is 6. The summed E-state index contributed by atoms with van der Waals surface area (Å²) >= 11 is 0. The molecule has 0 radical (unpaired) electrons. The van der Waals surface area contributed by atoms with Gasteiger partial charge in [0.05, 0.1) is 17.6 Å². The van der Waals surface area contributed by atoms with Gasteiger partial charge in [0.1, 0.15) is 0 Å². The Kier molecular flexibility index (Phi) is 4.11. The van der Waals surface area contributed by atoms with Crippen LogP contribution >= 0.6 is 0 Å². The minimum Gasteiger partial charge on any atom is -0.461 e. The molecule has 2 aliphatic rings. The second-order valence-electron chi connectivity index (χ2n) is 5.42. The molecule has 0 fully saturated rings. The standard InChI is InChI=1S/C16H15N3O5/c1-2-24-16(21)14-12-4-3-5-13(12)18(17-14)15(20)10-6-8-11(9-7-10)19(22)23/h3,5-9,12-13H,2,4H2,1H3/t12-,13+/m1/s1. The highest BCUT2D eigenvalue weighted by atomic mass is 16.6. The summed E-state index contributed by atoms with van der Waals surface area (Å²) in [5.74, 6) is -1.13. The van der Waals surface area contributed by atoms with Crippen LogP contribution in [0.15, 0.2) is 41.5 Å². The van der Waals surface area contributed by atoms with Gasteiger partial charge in [-0.1, -0.05) is 12.2 Å². The number of hydrazone groups is 1. The summed E-state index contributed by atoms with van der Waals surface area (Å²) in [5, 5.41) is 16.1. The Balaban J connectivity index is 1.86. The van der Waals surface area contributed by atoms with Crippen molar-refractivity contribution in [3.63, 3.8) is 0 Å². The SMILES string of the molecule is CCOC(=O)C1=NN(C(=O)c2ccc([N+](=O)[O-])cc2)[C@H]2C=CC[C@@H]12. The molecule has 8 nitrogen and oxygen atoms in total. The molecule has 2 atom stereocenters. The summed E-state index contributed by atoms with van der Waals surface area (Å²) in [6.45, 7) is 1.94. The van der Waals surface area contributed by atoms with E-state index < -0.39 is 16.8 Å². The summed E-state index contributed by atoms with van der Waals surface area (Å²) < 4.78 is 5.00. The lowest BCUT2D eigenvalue weighted by atomic mass is 9.97. The van der Waals surface area contributed by atoms with Crippen LogP contribution in [0.3, 0.4) is 0 Å². The van der Waals surface area contributed by atoms with Gasteiger partial charge in [-0.2, -0.15) is 5.10 Å². The zero-order valence-corrected chi connectivity index (χ0v) is 12.9. The molecule has 0 aromatic heterocycles. The molecule has 1 heterocycles. The van der Waals surface area contributed by atoms with Gasteiger partial charge in [-0.25, -0.2) is 9.80 Å². The van der Waals surface area contributed by atoms with Crippen LogP contribution in [0, 0.1) is 16.0 Å². The molecule has 1 aliphatic carbocycles. The molecule has 1 amide bonds. The van der Waals surface area contributed by atoms with E-state index in [9.17, 15) is 19.7 Å². The van der Waals surface area contributed by atoms with Crippen molar-refractivity contribution in [2.45, 2.75) is 19.4 Å². The number of allylic oxidation sites excluding steroid dienone is 1. The Labute approximate surface area is 137 Å². The third kappa shape index (κ3) is 2.66. The summed E-state index contributed by atoms with van der Waals surface area (Å²) in [6, 6.07) is 4.97. The predicted octanol–water partition coefficient (Wildman–Crippen LogP) is 1.91. The maximum absolute atomic E-state index is 12.7. The smallest absolute Gasteiger partial charge is 0.354 e. The van der Waals surface area contributed by atoms with Crippen molar-refractivity contribution in [1.29, 1.82) is 0 Å². The van der Waals surface area contributed by atoms with Crippen LogP contribution in [0.25, 0.3) is 0 Å². The molecule has 124 valence electrons. The van der Waals surface area contributed by atoms with Gasteiger partial charge < -0.3 is 4.74 Å². The molecule has 0 spiro atoms. The van der Waals surface area contributed by atoms with Gasteiger partial charge >= 0.3 is 5.97 Å². The number of nitrogens with zero attached hydrogens (tertiary/aromatic N) is 3. The first-order chi connectivity index (χ1) is 11.5. The van der Waals surface area contributed by atoms with E-state index in [1.165, 1.54) is 29.3 Å². The number of amides is 1. The Morgan fingerprint density at radius 3 is 2.71 bits per heavy atom. The van der Waals surface area contributed by atoms with Crippen molar-refractivity contribution < 1.29 is 19.2 Å². The fourth-order valence-electron chi connectivity index (χ4n) is 2.86. The van der Waals surface area contributed by atoms with Crippen LogP contribution in [0.5, 0.6) is 0 Å². The Morgan fingerprint density at radius 2 is 2.08 bits per heavy atom. The number of esters is 1. The molecule has 1 aromatic carbocycles. The number of carbonyl (C=O) groups excluding carboxylic acids is 2. The monoisotopic (exact) mass is 329 g/mol. The van der Waals surface area contributed by atoms with Gasteiger partial charge in [-0.05, 0) is 25.5 Å². The van der Waals surface area contributed by atoms with Crippen molar-refractivity contribution in [2.24, 2.45) is 11.0 Å². The number of rotatable bonds is 4. The average molecular weight is 329 g/mol. The van der Waals surface area contributed by atoms with Crippen LogP contribution in [0.4, 0.5) is 5.69 Å². The molecule has 3 rings (SSSR count). The van der Waals surface area contributed by atoms with Crippen LogP contribution in [-0.4, -0.2) is 40.2 Å². The second kappa shape index (κ2) is 6.23. The summed E-state index contributed by atoms with van der Waals surface area (Å²) in [7, 11) is 0. The van der Waals surface area contributed by atoms with Gasteiger partial charge in [0.2, 0.25) is 0 Å². The molecular formula is C16H15N3O5. The predicted molar refractivity (Wildman–Crippen MR) is 84.4 cm³/mol. The lowest BCUT2D eigenvalue weighted by Crippen LogP contribution is -2.34. The van der Waals surface area contributed by atoms with E-state index in [0.29, 0.717) is 6.42 Å². The molecule has 0 saturated carbocycles. The summed E-state index contributed by atoms with van der Waals surface area (Å²) in [5.41, 5.74) is 0.415. The minimum absolute atomic E-state index is 0.0951. The summed E-state index contributed by atoms with van der Waals surface area (Å²) in [4.78, 5) is 34.8. The van der Waals surface area contributed by atoms with Crippen molar-refractivity contribution in [2.75, 3.05) is 6.61 Å². The topological polar surface area (TPSA) is 102 Å². The lowest BCUT2D eigenvalue weighted by Gasteiger charge is -2.19. The zero-order chi connectivity index (χ0) is 17.3. The number of benzene rings is 1. The number of ether oxygens (including phenoxy) is 1. The quantitative estimate of drug-likeness (QED) is 0.363. The van der Waals surface area contributed by atoms with E-state index in [2.05, 4.69) is 5.10 Å². The largest absolute Gasteiger partial charge is 0.461 e. The van der Waals surface area contributed by atoms with Crippen LogP contribution in [0.2, 0.25) is 0 Å². The lowest BCUT2D eigenvalue weighted by molar-refractivity contribution is -0.384. The first-order valence-corrected chi connectivity index (χ1v) is 7.53. The summed E-state index contributed by atoms with van der Waals surface area (Å²) in [6.07, 6.45) is 4.36. The highest BCUT2D eigenvalue weighted by molar-refractivity contribution is 6.38. The van der Waals surface area contributed by atoms with Crippen LogP contribution in [-0.2, 0) is 9.53 Å². The molecule has 0 bridgehead atoms. The van der Waals surface area contributed by atoms with E-state index in [4.69, 9.17) is 4.74 Å². The van der Waals surface area contributed by atoms with E-state index in [1.807, 2.05) is 12.2 Å².